The zero-order chi connectivity index (χ0) is 14.6. The second-order valence-corrected chi connectivity index (χ2v) is 4.39. The maximum atomic E-state index is 12.7. The highest BCUT2D eigenvalue weighted by atomic mass is 127. The third kappa shape index (κ3) is 4.48. The fraction of sp³-hybridized carbons (Fsp3) is 0.400. The van der Waals surface area contributed by atoms with Crippen LogP contribution in [-0.4, -0.2) is 24.4 Å². The second kappa shape index (κ2) is 6.35. The average Bonchev–Trinajstić information content (AvgIpc) is 2.32. The van der Waals surface area contributed by atoms with Crippen molar-refractivity contribution in [1.82, 2.24) is 4.98 Å². The molecule has 0 atom stereocenters. The number of carbonyl (C=O) groups is 1. The quantitative estimate of drug-likeness (QED) is 0.449. The van der Waals surface area contributed by atoms with Crippen LogP contribution in [0, 0.1) is 3.57 Å². The average molecular weight is 393 g/mol. The van der Waals surface area contributed by atoms with Crippen molar-refractivity contribution in [3.63, 3.8) is 0 Å². The van der Waals surface area contributed by atoms with Crippen molar-refractivity contribution in [2.24, 2.45) is 0 Å². The van der Waals surface area contributed by atoms with Crippen molar-refractivity contribution >= 4 is 28.6 Å². The maximum Gasteiger partial charge on any atom is 0.574 e. The lowest BCUT2D eigenvalue weighted by atomic mass is 10.1. The van der Waals surface area contributed by atoms with E-state index in [9.17, 15) is 22.4 Å². The van der Waals surface area contributed by atoms with Gasteiger partial charge in [-0.2, -0.15) is 0 Å². The maximum absolute atomic E-state index is 12.7. The standard InChI is InChI=1S/C10H8F4INO3/c1-18-7(17)2-6-5(3-11)4-16-9(8(6)15)19-10(12,13)14/h4H,2-3H2,1H3. The van der Waals surface area contributed by atoms with E-state index < -0.39 is 24.9 Å². The first-order valence-corrected chi connectivity index (χ1v) is 5.91. The molecule has 4 nitrogen and oxygen atoms in total. The summed E-state index contributed by atoms with van der Waals surface area (Å²) in [7, 11) is 1.12. The summed E-state index contributed by atoms with van der Waals surface area (Å²) in [4.78, 5) is 14.6. The summed E-state index contributed by atoms with van der Waals surface area (Å²) in [6, 6.07) is 0. The molecule has 0 radical (unpaired) electrons. The molecule has 9 heteroatoms. The number of hydrogen-bond donors (Lipinski definition) is 0. The number of methoxy groups -OCH3 is 1. The summed E-state index contributed by atoms with van der Waals surface area (Å²) in [5.74, 6) is -1.42. The summed E-state index contributed by atoms with van der Waals surface area (Å²) in [6.07, 6.45) is -4.36. The Morgan fingerprint density at radius 2 is 2.11 bits per heavy atom. The van der Waals surface area contributed by atoms with Crippen molar-refractivity contribution in [2.45, 2.75) is 19.5 Å². The molecule has 0 saturated heterocycles. The number of aromatic nitrogens is 1. The van der Waals surface area contributed by atoms with Crippen LogP contribution in [-0.2, 0) is 22.6 Å². The zero-order valence-electron chi connectivity index (χ0n) is 9.55. The van der Waals surface area contributed by atoms with Gasteiger partial charge in [-0.15, -0.1) is 13.2 Å². The molecule has 0 amide bonds. The van der Waals surface area contributed by atoms with Crippen molar-refractivity contribution < 1.29 is 31.8 Å². The molecule has 0 aliphatic carbocycles. The highest BCUT2D eigenvalue weighted by Crippen LogP contribution is 2.30. The van der Waals surface area contributed by atoms with Crippen LogP contribution >= 0.6 is 22.6 Å². The minimum Gasteiger partial charge on any atom is -0.469 e. The predicted octanol–water partition coefficient (Wildman–Crippen LogP) is 2.77. The Kier molecular flexibility index (Phi) is 5.32. The SMILES string of the molecule is COC(=O)Cc1c(CF)cnc(OC(F)(F)F)c1I. The van der Waals surface area contributed by atoms with Gasteiger partial charge in [-0.25, -0.2) is 9.37 Å². The highest BCUT2D eigenvalue weighted by Gasteiger charge is 2.33. The number of pyridine rings is 1. The number of hydrogen-bond acceptors (Lipinski definition) is 4. The molecular weight excluding hydrogens is 385 g/mol. The lowest BCUT2D eigenvalue weighted by Crippen LogP contribution is -2.20. The van der Waals surface area contributed by atoms with Gasteiger partial charge in [0.25, 0.3) is 0 Å². The Morgan fingerprint density at radius 1 is 1.47 bits per heavy atom. The van der Waals surface area contributed by atoms with Crippen LogP contribution in [0.3, 0.4) is 0 Å². The minimum absolute atomic E-state index is 0.0179. The van der Waals surface area contributed by atoms with E-state index in [1.165, 1.54) is 22.6 Å². The van der Waals surface area contributed by atoms with Gasteiger partial charge in [0.15, 0.2) is 0 Å². The van der Waals surface area contributed by atoms with Gasteiger partial charge >= 0.3 is 12.3 Å². The van der Waals surface area contributed by atoms with Gasteiger partial charge in [-0.05, 0) is 28.2 Å². The van der Waals surface area contributed by atoms with Gasteiger partial charge < -0.3 is 9.47 Å². The summed E-state index contributed by atoms with van der Waals surface area (Å²) < 4.78 is 57.2. The fourth-order valence-electron chi connectivity index (χ4n) is 1.24. The van der Waals surface area contributed by atoms with Crippen LogP contribution in [0.25, 0.3) is 0 Å². The molecule has 0 aliphatic heterocycles. The van der Waals surface area contributed by atoms with E-state index in [0.29, 0.717) is 0 Å². The molecule has 0 aliphatic rings. The third-order valence-electron chi connectivity index (χ3n) is 2.08. The highest BCUT2D eigenvalue weighted by molar-refractivity contribution is 14.1. The largest absolute Gasteiger partial charge is 0.574 e. The number of nitrogens with zero attached hydrogens (tertiary/aromatic N) is 1. The van der Waals surface area contributed by atoms with Gasteiger partial charge in [-0.3, -0.25) is 4.79 Å². The minimum atomic E-state index is -4.91. The molecule has 106 valence electrons. The van der Waals surface area contributed by atoms with Crippen molar-refractivity contribution in [1.29, 1.82) is 0 Å². The van der Waals surface area contributed by atoms with Crippen LogP contribution < -0.4 is 4.74 Å². The molecule has 0 spiro atoms. The third-order valence-corrected chi connectivity index (χ3v) is 3.20. The van der Waals surface area contributed by atoms with E-state index in [1.807, 2.05) is 0 Å². The molecule has 0 aromatic carbocycles. The topological polar surface area (TPSA) is 48.4 Å². The van der Waals surface area contributed by atoms with Crippen molar-refractivity contribution in [3.8, 4) is 5.88 Å². The Hall–Kier alpha value is -1.13. The first-order valence-electron chi connectivity index (χ1n) is 4.83. The number of rotatable bonds is 4. The second-order valence-electron chi connectivity index (χ2n) is 3.32. The number of esters is 1. The lowest BCUT2D eigenvalue weighted by Gasteiger charge is -2.13. The van der Waals surface area contributed by atoms with E-state index in [0.717, 1.165) is 13.3 Å². The number of ether oxygens (including phenoxy) is 2. The van der Waals surface area contributed by atoms with E-state index in [4.69, 9.17) is 0 Å². The fourth-order valence-corrected chi connectivity index (χ4v) is 2.03. The first kappa shape index (κ1) is 15.9. The van der Waals surface area contributed by atoms with Crippen LogP contribution in [0.1, 0.15) is 11.1 Å². The van der Waals surface area contributed by atoms with Gasteiger partial charge in [0.1, 0.15) is 6.67 Å². The van der Waals surface area contributed by atoms with Crippen LogP contribution in [0.4, 0.5) is 17.6 Å². The van der Waals surface area contributed by atoms with Crippen molar-refractivity contribution in [2.75, 3.05) is 7.11 Å². The van der Waals surface area contributed by atoms with Crippen molar-refractivity contribution in [3.05, 3.63) is 20.9 Å². The Balaban J connectivity index is 3.18. The monoisotopic (exact) mass is 393 g/mol. The van der Waals surface area contributed by atoms with E-state index in [-0.39, 0.29) is 21.1 Å². The number of carbonyl (C=O) groups excluding carboxylic acids is 1. The predicted molar refractivity (Wildman–Crippen MR) is 64.2 cm³/mol. The normalized spacial score (nSPS) is 11.3. The van der Waals surface area contributed by atoms with E-state index in [1.54, 1.807) is 0 Å². The lowest BCUT2D eigenvalue weighted by molar-refractivity contribution is -0.276. The Bertz CT molecular complexity index is 479. The molecule has 0 fully saturated rings. The molecule has 1 aromatic heterocycles. The summed E-state index contributed by atoms with van der Waals surface area (Å²) in [5, 5.41) is 0. The smallest absolute Gasteiger partial charge is 0.469 e. The molecular formula is C10H8F4INO3. The van der Waals surface area contributed by atoms with Crippen LogP contribution in [0.15, 0.2) is 6.20 Å². The molecule has 1 heterocycles. The van der Waals surface area contributed by atoms with Crippen LogP contribution in [0.2, 0.25) is 0 Å². The molecule has 0 bridgehead atoms. The Morgan fingerprint density at radius 3 is 2.58 bits per heavy atom. The molecule has 1 rings (SSSR count). The summed E-state index contributed by atoms with van der Waals surface area (Å²) >= 11 is 1.52. The van der Waals surface area contributed by atoms with Gasteiger partial charge in [0.05, 0.1) is 17.1 Å². The molecule has 0 saturated carbocycles. The Labute approximate surface area is 119 Å². The van der Waals surface area contributed by atoms with E-state index >= 15 is 0 Å². The summed E-state index contributed by atoms with van der Waals surface area (Å²) in [6.45, 7) is -0.957. The number of alkyl halides is 4. The molecule has 1 aromatic rings. The molecule has 19 heavy (non-hydrogen) atoms. The first-order chi connectivity index (χ1) is 8.78. The van der Waals surface area contributed by atoms with Gasteiger partial charge in [0, 0.05) is 11.8 Å². The summed E-state index contributed by atoms with van der Waals surface area (Å²) in [5.41, 5.74) is 0.0912. The van der Waals surface area contributed by atoms with Gasteiger partial charge in [-0.1, -0.05) is 0 Å². The number of halogens is 5. The zero-order valence-corrected chi connectivity index (χ0v) is 11.7. The molecule has 0 unspecified atom stereocenters. The van der Waals surface area contributed by atoms with Crippen LogP contribution in [0.5, 0.6) is 5.88 Å². The molecule has 0 N–H and O–H groups in total. The van der Waals surface area contributed by atoms with E-state index in [2.05, 4.69) is 14.5 Å². The van der Waals surface area contributed by atoms with Gasteiger partial charge in [0.2, 0.25) is 5.88 Å².